The maximum Gasteiger partial charge on any atom is 0.269 e. The SMILES string of the molecule is O=C(NNC(=O)c1ccc(C2=C/CC\C=C/C=C\2)cc1)c1ccc(F)cc1. The topological polar surface area (TPSA) is 58.2 Å². The molecule has 0 atom stereocenters. The van der Waals surface area contributed by atoms with Crippen molar-refractivity contribution >= 4 is 17.4 Å². The molecule has 2 aromatic rings. The fraction of sp³-hybridized carbons (Fsp3) is 0.0909. The number of rotatable bonds is 3. The van der Waals surface area contributed by atoms with Crippen LogP contribution in [0.25, 0.3) is 5.57 Å². The van der Waals surface area contributed by atoms with Gasteiger partial charge in [-0.05, 0) is 60.4 Å². The highest BCUT2D eigenvalue weighted by molar-refractivity contribution is 5.99. The van der Waals surface area contributed by atoms with Crippen LogP contribution in [-0.4, -0.2) is 11.8 Å². The molecule has 0 unspecified atom stereocenters. The van der Waals surface area contributed by atoms with Crippen LogP contribution < -0.4 is 10.9 Å². The second kappa shape index (κ2) is 8.76. The van der Waals surface area contributed by atoms with Gasteiger partial charge in [-0.15, -0.1) is 0 Å². The zero-order valence-corrected chi connectivity index (χ0v) is 14.6. The van der Waals surface area contributed by atoms with Crippen LogP contribution >= 0.6 is 0 Å². The Morgan fingerprint density at radius 3 is 2.00 bits per heavy atom. The zero-order valence-electron chi connectivity index (χ0n) is 14.6. The Hall–Kier alpha value is -3.47. The van der Waals surface area contributed by atoms with Crippen LogP contribution in [0, 0.1) is 5.82 Å². The monoisotopic (exact) mass is 362 g/mol. The molecule has 2 N–H and O–H groups in total. The molecule has 0 spiro atoms. The summed E-state index contributed by atoms with van der Waals surface area (Å²) in [5.74, 6) is -1.37. The molecule has 136 valence electrons. The highest BCUT2D eigenvalue weighted by atomic mass is 19.1. The molecular weight excluding hydrogens is 343 g/mol. The summed E-state index contributed by atoms with van der Waals surface area (Å²) in [5.41, 5.74) is 7.49. The highest BCUT2D eigenvalue weighted by Crippen LogP contribution is 2.19. The lowest BCUT2D eigenvalue weighted by atomic mass is 10.0. The predicted octanol–water partition coefficient (Wildman–Crippen LogP) is 4.19. The number of allylic oxidation sites excluding steroid dienone is 6. The number of hydrogen-bond acceptors (Lipinski definition) is 2. The van der Waals surface area contributed by atoms with Crippen molar-refractivity contribution in [2.24, 2.45) is 0 Å². The van der Waals surface area contributed by atoms with Gasteiger partial charge in [0, 0.05) is 11.1 Å². The van der Waals surface area contributed by atoms with Gasteiger partial charge in [-0.25, -0.2) is 4.39 Å². The average molecular weight is 362 g/mol. The van der Waals surface area contributed by atoms with Crippen molar-refractivity contribution in [3.8, 4) is 0 Å². The van der Waals surface area contributed by atoms with Crippen LogP contribution in [0.4, 0.5) is 4.39 Å². The molecule has 4 nitrogen and oxygen atoms in total. The van der Waals surface area contributed by atoms with E-state index in [1.54, 1.807) is 12.1 Å². The standard InChI is InChI=1S/C22H19FN2O2/c23-20-14-12-19(13-15-20)22(27)25-24-21(26)18-10-8-17(9-11-18)16-6-4-2-1-3-5-7-16/h1-2,4,6-15H,3,5H2,(H,24,26)(H,25,27)/b2-1-,6-4-,16-7+. The largest absolute Gasteiger partial charge is 0.269 e. The summed E-state index contributed by atoms with van der Waals surface area (Å²) in [7, 11) is 0. The first-order valence-corrected chi connectivity index (χ1v) is 8.63. The van der Waals surface area contributed by atoms with Gasteiger partial charge in [0.25, 0.3) is 11.8 Å². The van der Waals surface area contributed by atoms with Gasteiger partial charge in [0.1, 0.15) is 5.82 Å². The van der Waals surface area contributed by atoms with Crippen molar-refractivity contribution < 1.29 is 14.0 Å². The lowest BCUT2D eigenvalue weighted by molar-refractivity contribution is 0.0846. The van der Waals surface area contributed by atoms with Gasteiger partial charge in [0.2, 0.25) is 0 Å². The van der Waals surface area contributed by atoms with E-state index >= 15 is 0 Å². The van der Waals surface area contributed by atoms with Gasteiger partial charge in [-0.2, -0.15) is 0 Å². The van der Waals surface area contributed by atoms with E-state index in [1.165, 1.54) is 24.3 Å². The van der Waals surface area contributed by atoms with E-state index in [4.69, 9.17) is 0 Å². The normalized spacial score (nSPS) is 17.6. The molecule has 1 aliphatic rings. The Labute approximate surface area is 157 Å². The Morgan fingerprint density at radius 2 is 1.37 bits per heavy atom. The minimum Gasteiger partial charge on any atom is -0.267 e. The second-order valence-corrected chi connectivity index (χ2v) is 6.02. The minimum atomic E-state index is -0.516. The number of hydrogen-bond donors (Lipinski definition) is 2. The van der Waals surface area contributed by atoms with E-state index in [2.05, 4.69) is 23.0 Å². The molecule has 5 heteroatoms. The molecule has 0 heterocycles. The van der Waals surface area contributed by atoms with Crippen molar-refractivity contribution in [3.63, 3.8) is 0 Å². The third-order valence-electron chi connectivity index (χ3n) is 4.10. The Kier molecular flexibility index (Phi) is 5.94. The van der Waals surface area contributed by atoms with Gasteiger partial charge >= 0.3 is 0 Å². The maximum absolute atomic E-state index is 12.9. The fourth-order valence-electron chi connectivity index (χ4n) is 2.62. The summed E-state index contributed by atoms with van der Waals surface area (Å²) in [6, 6.07) is 12.2. The van der Waals surface area contributed by atoms with E-state index < -0.39 is 17.6 Å². The Bertz CT molecular complexity index is 910. The van der Waals surface area contributed by atoms with Crippen LogP contribution in [0.15, 0.2) is 78.9 Å². The average Bonchev–Trinajstić information content (AvgIpc) is 2.66. The second-order valence-electron chi connectivity index (χ2n) is 6.02. The van der Waals surface area contributed by atoms with Gasteiger partial charge in [-0.1, -0.05) is 42.5 Å². The van der Waals surface area contributed by atoms with Gasteiger partial charge < -0.3 is 0 Å². The van der Waals surface area contributed by atoms with Crippen LogP contribution in [0.1, 0.15) is 39.1 Å². The van der Waals surface area contributed by atoms with Crippen LogP contribution in [-0.2, 0) is 0 Å². The van der Waals surface area contributed by atoms with Crippen molar-refractivity contribution in [3.05, 3.63) is 101 Å². The van der Waals surface area contributed by atoms with Gasteiger partial charge in [0.05, 0.1) is 0 Å². The van der Waals surface area contributed by atoms with Crippen molar-refractivity contribution in [1.82, 2.24) is 10.9 Å². The van der Waals surface area contributed by atoms with Crippen molar-refractivity contribution in [1.29, 1.82) is 0 Å². The molecule has 27 heavy (non-hydrogen) atoms. The van der Waals surface area contributed by atoms with Gasteiger partial charge in [-0.3, -0.25) is 20.4 Å². The van der Waals surface area contributed by atoms with Crippen LogP contribution in [0.5, 0.6) is 0 Å². The number of benzene rings is 2. The third kappa shape index (κ3) is 5.01. The fourth-order valence-corrected chi connectivity index (χ4v) is 2.62. The summed E-state index contributed by atoms with van der Waals surface area (Å²) in [6.07, 6.45) is 12.3. The Balaban J connectivity index is 1.61. The summed E-state index contributed by atoms with van der Waals surface area (Å²) in [6.45, 7) is 0. The first-order valence-electron chi connectivity index (χ1n) is 8.63. The third-order valence-corrected chi connectivity index (χ3v) is 4.10. The molecule has 2 aromatic carbocycles. The summed E-state index contributed by atoms with van der Waals surface area (Å²) >= 11 is 0. The lowest BCUT2D eigenvalue weighted by Crippen LogP contribution is -2.41. The van der Waals surface area contributed by atoms with E-state index in [0.717, 1.165) is 24.0 Å². The minimum absolute atomic E-state index is 0.254. The molecule has 0 bridgehead atoms. The van der Waals surface area contributed by atoms with Crippen LogP contribution in [0.2, 0.25) is 0 Å². The quantitative estimate of drug-likeness (QED) is 0.805. The summed E-state index contributed by atoms with van der Waals surface area (Å²) in [5, 5.41) is 0. The number of nitrogens with one attached hydrogen (secondary N) is 2. The molecule has 0 aliphatic heterocycles. The van der Waals surface area contributed by atoms with E-state index in [0.29, 0.717) is 5.56 Å². The van der Waals surface area contributed by atoms with Crippen molar-refractivity contribution in [2.75, 3.05) is 0 Å². The van der Waals surface area contributed by atoms with E-state index in [9.17, 15) is 14.0 Å². The molecule has 0 saturated carbocycles. The van der Waals surface area contributed by atoms with Gasteiger partial charge in [0.15, 0.2) is 0 Å². The first-order chi connectivity index (χ1) is 13.1. The Morgan fingerprint density at radius 1 is 0.778 bits per heavy atom. The number of carbonyl (C=O) groups excluding carboxylic acids is 2. The summed E-state index contributed by atoms with van der Waals surface area (Å²) < 4.78 is 12.9. The molecule has 2 amide bonds. The molecule has 3 rings (SSSR count). The predicted molar refractivity (Wildman–Crippen MR) is 103 cm³/mol. The molecule has 0 radical (unpaired) electrons. The van der Waals surface area contributed by atoms with E-state index in [1.807, 2.05) is 30.4 Å². The van der Waals surface area contributed by atoms with E-state index in [-0.39, 0.29) is 5.56 Å². The molecule has 0 aromatic heterocycles. The number of hydrazine groups is 1. The molecule has 0 saturated heterocycles. The molecule has 0 fully saturated rings. The smallest absolute Gasteiger partial charge is 0.267 e. The highest BCUT2D eigenvalue weighted by Gasteiger charge is 2.10. The first kappa shape index (κ1) is 18.3. The number of amides is 2. The number of halogens is 1. The molecule has 1 aliphatic carbocycles. The maximum atomic E-state index is 12.9. The lowest BCUT2D eigenvalue weighted by Gasteiger charge is -2.09. The zero-order chi connectivity index (χ0) is 19.1. The number of carbonyl (C=O) groups is 2. The molecular formula is C22H19FN2O2. The summed E-state index contributed by atoms with van der Waals surface area (Å²) in [4.78, 5) is 24.1. The van der Waals surface area contributed by atoms with Crippen LogP contribution in [0.3, 0.4) is 0 Å². The van der Waals surface area contributed by atoms with Crippen molar-refractivity contribution in [2.45, 2.75) is 12.8 Å².